The molecule has 2 aromatic rings. The SMILES string of the molecule is CC(CC1CCCC1)(C(=O)Nc1nccs1)c1ccc(N)cc1. The van der Waals surface area contributed by atoms with E-state index in [1.165, 1.54) is 37.0 Å². The average molecular weight is 329 g/mol. The van der Waals surface area contributed by atoms with E-state index in [9.17, 15) is 4.79 Å². The van der Waals surface area contributed by atoms with E-state index in [0.29, 0.717) is 11.0 Å². The molecular weight excluding hydrogens is 306 g/mol. The van der Waals surface area contributed by atoms with Crippen LogP contribution in [0.3, 0.4) is 0 Å². The number of hydrogen-bond donors (Lipinski definition) is 2. The second-order valence-electron chi connectivity index (χ2n) is 6.60. The van der Waals surface area contributed by atoms with Crippen molar-refractivity contribution in [1.29, 1.82) is 0 Å². The Kier molecular flexibility index (Phi) is 4.66. The number of nitrogens with one attached hydrogen (secondary N) is 1. The average Bonchev–Trinajstić information content (AvgIpc) is 3.21. The normalized spacial score (nSPS) is 17.8. The molecule has 0 radical (unpaired) electrons. The van der Waals surface area contributed by atoms with Gasteiger partial charge in [-0.25, -0.2) is 4.98 Å². The van der Waals surface area contributed by atoms with Crippen LogP contribution in [0.4, 0.5) is 10.8 Å². The Balaban J connectivity index is 1.87. The number of anilines is 2. The van der Waals surface area contributed by atoms with E-state index in [-0.39, 0.29) is 5.91 Å². The van der Waals surface area contributed by atoms with Gasteiger partial charge in [-0.2, -0.15) is 0 Å². The molecule has 3 N–H and O–H groups in total. The summed E-state index contributed by atoms with van der Waals surface area (Å²) in [5.41, 5.74) is 6.99. The van der Waals surface area contributed by atoms with Crippen LogP contribution in [-0.2, 0) is 10.2 Å². The Morgan fingerprint density at radius 3 is 2.65 bits per heavy atom. The summed E-state index contributed by atoms with van der Waals surface area (Å²) < 4.78 is 0. The van der Waals surface area contributed by atoms with Gasteiger partial charge in [0.15, 0.2) is 5.13 Å². The van der Waals surface area contributed by atoms with Crippen LogP contribution in [0.1, 0.15) is 44.6 Å². The third-order valence-corrected chi connectivity index (χ3v) is 5.56. The molecule has 0 spiro atoms. The van der Waals surface area contributed by atoms with Gasteiger partial charge in [-0.1, -0.05) is 37.8 Å². The molecule has 23 heavy (non-hydrogen) atoms. The predicted molar refractivity (Wildman–Crippen MR) is 95.5 cm³/mol. The molecule has 1 aromatic carbocycles. The Morgan fingerprint density at radius 1 is 1.35 bits per heavy atom. The van der Waals surface area contributed by atoms with Crippen LogP contribution in [0.5, 0.6) is 0 Å². The van der Waals surface area contributed by atoms with Crippen molar-refractivity contribution in [3.05, 3.63) is 41.4 Å². The maximum absolute atomic E-state index is 13.0. The zero-order valence-electron chi connectivity index (χ0n) is 13.4. The van der Waals surface area contributed by atoms with Crippen molar-refractivity contribution in [2.75, 3.05) is 11.1 Å². The van der Waals surface area contributed by atoms with Crippen LogP contribution in [0, 0.1) is 5.92 Å². The Hall–Kier alpha value is -1.88. The molecule has 1 aromatic heterocycles. The fraction of sp³-hybridized carbons (Fsp3) is 0.444. The van der Waals surface area contributed by atoms with Crippen LogP contribution < -0.4 is 11.1 Å². The summed E-state index contributed by atoms with van der Waals surface area (Å²) in [7, 11) is 0. The zero-order chi connectivity index (χ0) is 16.3. The van der Waals surface area contributed by atoms with E-state index in [4.69, 9.17) is 5.73 Å². The maximum Gasteiger partial charge on any atom is 0.236 e. The smallest absolute Gasteiger partial charge is 0.236 e. The molecule has 1 aliphatic rings. The first kappa shape index (κ1) is 16.0. The summed E-state index contributed by atoms with van der Waals surface area (Å²) in [6.45, 7) is 2.04. The number of carbonyl (C=O) groups is 1. The quantitative estimate of drug-likeness (QED) is 0.808. The molecule has 1 amide bonds. The van der Waals surface area contributed by atoms with Crippen LogP contribution >= 0.6 is 11.3 Å². The van der Waals surface area contributed by atoms with E-state index in [0.717, 1.165) is 17.7 Å². The third-order valence-electron chi connectivity index (χ3n) is 4.87. The lowest BCUT2D eigenvalue weighted by molar-refractivity contribution is -0.121. The minimum atomic E-state index is -0.561. The number of nitrogens with two attached hydrogens (primary N) is 1. The topological polar surface area (TPSA) is 68.0 Å². The second-order valence-corrected chi connectivity index (χ2v) is 7.49. The summed E-state index contributed by atoms with van der Waals surface area (Å²) >= 11 is 1.44. The number of aromatic nitrogens is 1. The van der Waals surface area contributed by atoms with E-state index in [1.807, 2.05) is 36.6 Å². The minimum Gasteiger partial charge on any atom is -0.399 e. The molecule has 4 nitrogen and oxygen atoms in total. The largest absolute Gasteiger partial charge is 0.399 e. The molecule has 0 bridgehead atoms. The van der Waals surface area contributed by atoms with Crippen LogP contribution in [-0.4, -0.2) is 10.9 Å². The number of benzene rings is 1. The molecule has 5 heteroatoms. The number of hydrogen-bond acceptors (Lipinski definition) is 4. The number of thiazole rings is 1. The Morgan fingerprint density at radius 2 is 2.04 bits per heavy atom. The van der Waals surface area contributed by atoms with Gasteiger partial charge in [0.05, 0.1) is 5.41 Å². The van der Waals surface area contributed by atoms with Crippen molar-refractivity contribution in [3.63, 3.8) is 0 Å². The zero-order valence-corrected chi connectivity index (χ0v) is 14.2. The van der Waals surface area contributed by atoms with Gasteiger partial charge < -0.3 is 11.1 Å². The van der Waals surface area contributed by atoms with Crippen molar-refractivity contribution in [1.82, 2.24) is 4.98 Å². The minimum absolute atomic E-state index is 0.0177. The molecule has 1 heterocycles. The van der Waals surface area contributed by atoms with E-state index in [1.54, 1.807) is 6.20 Å². The predicted octanol–water partition coefficient (Wildman–Crippen LogP) is 4.20. The molecule has 122 valence electrons. The van der Waals surface area contributed by atoms with Crippen LogP contribution in [0.15, 0.2) is 35.8 Å². The van der Waals surface area contributed by atoms with Gasteiger partial charge in [0.2, 0.25) is 5.91 Å². The molecule has 0 saturated heterocycles. The highest BCUT2D eigenvalue weighted by Crippen LogP contribution is 2.39. The van der Waals surface area contributed by atoms with Gasteiger partial charge in [0, 0.05) is 17.3 Å². The van der Waals surface area contributed by atoms with Crippen LogP contribution in [0.25, 0.3) is 0 Å². The maximum atomic E-state index is 13.0. The first-order valence-corrected chi connectivity index (χ1v) is 9.03. The number of rotatable bonds is 5. The van der Waals surface area contributed by atoms with Crippen molar-refractivity contribution < 1.29 is 4.79 Å². The molecular formula is C18H23N3OS. The number of carbonyl (C=O) groups excluding carboxylic acids is 1. The summed E-state index contributed by atoms with van der Waals surface area (Å²) in [4.78, 5) is 17.2. The lowest BCUT2D eigenvalue weighted by Crippen LogP contribution is -2.39. The fourth-order valence-electron chi connectivity index (χ4n) is 3.50. The molecule has 3 rings (SSSR count). The number of nitrogens with zero attached hydrogens (tertiary/aromatic N) is 1. The monoisotopic (exact) mass is 329 g/mol. The van der Waals surface area contributed by atoms with Crippen molar-refractivity contribution in [2.45, 2.75) is 44.4 Å². The highest BCUT2D eigenvalue weighted by Gasteiger charge is 2.38. The molecule has 1 fully saturated rings. The molecule has 1 aliphatic carbocycles. The lowest BCUT2D eigenvalue weighted by atomic mass is 9.74. The van der Waals surface area contributed by atoms with Gasteiger partial charge in [0.25, 0.3) is 0 Å². The summed E-state index contributed by atoms with van der Waals surface area (Å²) in [5.74, 6) is 0.628. The standard InChI is InChI=1S/C18H23N3OS/c1-18(12-13-4-2-3-5-13,14-6-8-15(19)9-7-14)16(22)21-17-20-10-11-23-17/h6-11,13H,2-5,12,19H2,1H3,(H,20,21,22). The third kappa shape index (κ3) is 3.55. The van der Waals surface area contributed by atoms with E-state index < -0.39 is 5.41 Å². The van der Waals surface area contributed by atoms with Gasteiger partial charge in [-0.05, 0) is 37.0 Å². The van der Waals surface area contributed by atoms with Crippen LogP contribution in [0.2, 0.25) is 0 Å². The van der Waals surface area contributed by atoms with Gasteiger partial charge in [-0.3, -0.25) is 4.79 Å². The summed E-state index contributed by atoms with van der Waals surface area (Å²) in [6.07, 6.45) is 7.56. The van der Waals surface area contributed by atoms with Crippen molar-refractivity contribution >= 4 is 28.1 Å². The van der Waals surface area contributed by atoms with Crippen molar-refractivity contribution in [3.8, 4) is 0 Å². The van der Waals surface area contributed by atoms with Gasteiger partial charge in [-0.15, -0.1) is 11.3 Å². The highest BCUT2D eigenvalue weighted by atomic mass is 32.1. The Labute approximate surface area is 141 Å². The lowest BCUT2D eigenvalue weighted by Gasteiger charge is -2.31. The summed E-state index contributed by atoms with van der Waals surface area (Å²) in [5, 5.41) is 5.51. The first-order valence-electron chi connectivity index (χ1n) is 8.15. The first-order chi connectivity index (χ1) is 11.1. The van der Waals surface area contributed by atoms with E-state index in [2.05, 4.69) is 10.3 Å². The van der Waals surface area contributed by atoms with Gasteiger partial charge in [0.1, 0.15) is 0 Å². The molecule has 0 aliphatic heterocycles. The molecule has 1 atom stereocenters. The highest BCUT2D eigenvalue weighted by molar-refractivity contribution is 7.13. The number of amides is 1. The number of nitrogen functional groups attached to an aromatic ring is 1. The van der Waals surface area contributed by atoms with Crippen molar-refractivity contribution in [2.24, 2.45) is 5.92 Å². The van der Waals surface area contributed by atoms with E-state index >= 15 is 0 Å². The van der Waals surface area contributed by atoms with Gasteiger partial charge >= 0.3 is 0 Å². The summed E-state index contributed by atoms with van der Waals surface area (Å²) in [6, 6.07) is 7.70. The molecule has 1 unspecified atom stereocenters. The second kappa shape index (κ2) is 6.71. The Bertz CT molecular complexity index is 647. The molecule has 1 saturated carbocycles. The fourth-order valence-corrected chi connectivity index (χ4v) is 4.03.